The first-order valence-corrected chi connectivity index (χ1v) is 7.35. The summed E-state index contributed by atoms with van der Waals surface area (Å²) in [5, 5.41) is 21.2. The van der Waals surface area contributed by atoms with E-state index in [0.29, 0.717) is 24.8 Å². The maximum atomic E-state index is 13.0. The second-order valence-electron chi connectivity index (χ2n) is 5.73. The summed E-state index contributed by atoms with van der Waals surface area (Å²) in [7, 11) is -1.79. The van der Waals surface area contributed by atoms with Crippen LogP contribution < -0.4 is 10.8 Å². The number of nitrogens with one attached hydrogen (secondary N) is 1. The highest BCUT2D eigenvalue weighted by molar-refractivity contribution is 6.60. The van der Waals surface area contributed by atoms with Gasteiger partial charge in [0, 0.05) is 11.1 Å². The summed E-state index contributed by atoms with van der Waals surface area (Å²) in [6.07, 6.45) is 2.93. The minimum atomic E-state index is -1.79. The van der Waals surface area contributed by atoms with Gasteiger partial charge in [0.2, 0.25) is 0 Å². The first kappa shape index (κ1) is 16.3. The number of hydrogen-bond donors (Lipinski definition) is 3. The van der Waals surface area contributed by atoms with E-state index in [0.717, 1.165) is 6.20 Å². The average molecular weight is 328 g/mol. The van der Waals surface area contributed by atoms with Crippen LogP contribution in [0.2, 0.25) is 0 Å². The molecule has 24 heavy (non-hydrogen) atoms. The van der Waals surface area contributed by atoms with Crippen LogP contribution in [0.5, 0.6) is 0 Å². The van der Waals surface area contributed by atoms with E-state index in [9.17, 15) is 24.0 Å². The summed E-state index contributed by atoms with van der Waals surface area (Å²) in [6.45, 7) is 0. The number of halogens is 1. The van der Waals surface area contributed by atoms with Crippen molar-refractivity contribution in [2.45, 2.75) is 18.4 Å². The third-order valence-corrected chi connectivity index (χ3v) is 4.07. The van der Waals surface area contributed by atoms with E-state index < -0.39 is 24.4 Å². The Labute approximate surface area is 137 Å². The predicted molar refractivity (Wildman–Crippen MR) is 84.2 cm³/mol. The summed E-state index contributed by atoms with van der Waals surface area (Å²) in [4.78, 5) is 27.5. The van der Waals surface area contributed by atoms with Crippen LogP contribution in [0.1, 0.15) is 39.3 Å². The Bertz CT molecular complexity index is 791. The predicted octanol–water partition coefficient (Wildman–Crippen LogP) is 0.132. The molecule has 8 heteroatoms. The Morgan fingerprint density at radius 2 is 2.04 bits per heavy atom. The van der Waals surface area contributed by atoms with Gasteiger partial charge in [-0.25, -0.2) is 4.39 Å². The molecule has 0 saturated heterocycles. The second kappa shape index (κ2) is 6.14. The van der Waals surface area contributed by atoms with Crippen molar-refractivity contribution in [3.8, 4) is 0 Å². The van der Waals surface area contributed by atoms with E-state index in [-0.39, 0.29) is 16.6 Å². The van der Waals surface area contributed by atoms with Crippen molar-refractivity contribution in [2.75, 3.05) is 0 Å². The molecule has 1 amide bonds. The van der Waals surface area contributed by atoms with Crippen molar-refractivity contribution >= 4 is 24.8 Å². The summed E-state index contributed by atoms with van der Waals surface area (Å²) >= 11 is 0. The van der Waals surface area contributed by atoms with Gasteiger partial charge in [0.25, 0.3) is 5.91 Å². The lowest BCUT2D eigenvalue weighted by Gasteiger charge is -2.17. The van der Waals surface area contributed by atoms with E-state index in [1.807, 2.05) is 0 Å². The van der Waals surface area contributed by atoms with Crippen molar-refractivity contribution in [3.05, 3.63) is 59.2 Å². The Morgan fingerprint density at radius 3 is 2.58 bits per heavy atom. The third-order valence-electron chi connectivity index (χ3n) is 4.07. The van der Waals surface area contributed by atoms with Crippen molar-refractivity contribution < 1.29 is 24.0 Å². The molecular formula is C16H14BFN2O4. The zero-order valence-electron chi connectivity index (χ0n) is 12.6. The average Bonchev–Trinajstić information content (AvgIpc) is 3.35. The third kappa shape index (κ3) is 3.06. The minimum absolute atomic E-state index is 0.0300. The van der Waals surface area contributed by atoms with Crippen molar-refractivity contribution in [2.24, 2.45) is 0 Å². The monoisotopic (exact) mass is 328 g/mol. The quantitative estimate of drug-likeness (QED) is 0.535. The molecule has 0 bridgehead atoms. The SMILES string of the molecule is O=Cc1cc(C(=O)NC2(c3ccc(F)cn3)CC2)ccc1B(O)O. The fraction of sp³-hybridized carbons (Fsp3) is 0.188. The number of hydrogen-bond acceptors (Lipinski definition) is 5. The number of nitrogens with zero attached hydrogens (tertiary/aromatic N) is 1. The number of amides is 1. The van der Waals surface area contributed by atoms with Crippen LogP contribution in [0.3, 0.4) is 0 Å². The number of rotatable bonds is 5. The van der Waals surface area contributed by atoms with Gasteiger partial charge in [0.15, 0.2) is 0 Å². The summed E-state index contributed by atoms with van der Waals surface area (Å²) in [5.74, 6) is -0.865. The minimum Gasteiger partial charge on any atom is -0.423 e. The fourth-order valence-corrected chi connectivity index (χ4v) is 2.57. The number of carbonyl (C=O) groups excluding carboxylic acids is 2. The lowest BCUT2D eigenvalue weighted by Crippen LogP contribution is -2.37. The maximum Gasteiger partial charge on any atom is 0.489 e. The Hall–Kier alpha value is -2.58. The molecule has 2 aromatic rings. The van der Waals surface area contributed by atoms with Crippen LogP contribution in [0.4, 0.5) is 4.39 Å². The maximum absolute atomic E-state index is 13.0. The Balaban J connectivity index is 1.82. The summed E-state index contributed by atoms with van der Waals surface area (Å²) in [5.41, 5.74) is 0.233. The summed E-state index contributed by atoms with van der Waals surface area (Å²) in [6, 6.07) is 6.84. The highest BCUT2D eigenvalue weighted by atomic mass is 19.1. The number of pyridine rings is 1. The van der Waals surface area contributed by atoms with Crippen molar-refractivity contribution in [1.29, 1.82) is 0 Å². The van der Waals surface area contributed by atoms with E-state index in [1.165, 1.54) is 30.3 Å². The molecule has 0 spiro atoms. The van der Waals surface area contributed by atoms with Crippen LogP contribution in [0.25, 0.3) is 0 Å². The Kier molecular flexibility index (Phi) is 4.17. The molecule has 122 valence electrons. The normalized spacial score (nSPS) is 14.8. The van der Waals surface area contributed by atoms with E-state index in [2.05, 4.69) is 10.3 Å². The molecule has 0 radical (unpaired) electrons. The molecule has 0 unspecified atom stereocenters. The molecule has 1 aromatic heterocycles. The van der Waals surface area contributed by atoms with Gasteiger partial charge in [0.05, 0.1) is 17.4 Å². The van der Waals surface area contributed by atoms with Gasteiger partial charge in [-0.1, -0.05) is 6.07 Å². The fourth-order valence-electron chi connectivity index (χ4n) is 2.57. The molecule has 0 atom stereocenters. The van der Waals surface area contributed by atoms with Gasteiger partial charge < -0.3 is 15.4 Å². The molecule has 3 N–H and O–H groups in total. The molecule has 1 aliphatic carbocycles. The number of carbonyl (C=O) groups is 2. The van der Waals surface area contributed by atoms with E-state index >= 15 is 0 Å². The Morgan fingerprint density at radius 1 is 1.29 bits per heavy atom. The lowest BCUT2D eigenvalue weighted by atomic mass is 9.77. The molecule has 6 nitrogen and oxygen atoms in total. The highest BCUT2D eigenvalue weighted by Gasteiger charge is 2.47. The smallest absolute Gasteiger partial charge is 0.423 e. The second-order valence-corrected chi connectivity index (χ2v) is 5.73. The first-order valence-electron chi connectivity index (χ1n) is 7.35. The van der Waals surface area contributed by atoms with Crippen LogP contribution in [-0.2, 0) is 5.54 Å². The molecule has 1 heterocycles. The number of benzene rings is 1. The molecule has 3 rings (SSSR count). The van der Waals surface area contributed by atoms with Gasteiger partial charge in [-0.3, -0.25) is 14.6 Å². The van der Waals surface area contributed by atoms with E-state index in [1.54, 1.807) is 0 Å². The molecule has 1 fully saturated rings. The number of aldehydes is 1. The van der Waals surface area contributed by atoms with Crippen LogP contribution >= 0.6 is 0 Å². The highest BCUT2D eigenvalue weighted by Crippen LogP contribution is 2.44. The molecular weight excluding hydrogens is 314 g/mol. The zero-order chi connectivity index (χ0) is 17.3. The lowest BCUT2D eigenvalue weighted by molar-refractivity contribution is 0.0929. The van der Waals surface area contributed by atoms with Crippen molar-refractivity contribution in [1.82, 2.24) is 10.3 Å². The van der Waals surface area contributed by atoms with Gasteiger partial charge >= 0.3 is 7.12 Å². The van der Waals surface area contributed by atoms with Gasteiger partial charge in [0.1, 0.15) is 12.1 Å². The number of aromatic nitrogens is 1. The molecule has 0 aliphatic heterocycles. The standard InChI is InChI=1S/C16H14BFN2O4/c18-12-2-4-14(19-8-12)16(5-6-16)20-15(22)10-1-3-13(17(23)24)11(7-10)9-21/h1-4,7-9,23-24H,5-6H2,(H,20,22). The molecule has 1 aliphatic rings. The van der Waals surface area contributed by atoms with Crippen molar-refractivity contribution in [3.63, 3.8) is 0 Å². The largest absolute Gasteiger partial charge is 0.489 e. The van der Waals surface area contributed by atoms with E-state index in [4.69, 9.17) is 0 Å². The topological polar surface area (TPSA) is 99.5 Å². The molecule has 1 saturated carbocycles. The van der Waals surface area contributed by atoms with Gasteiger partial charge in [-0.2, -0.15) is 0 Å². The first-order chi connectivity index (χ1) is 11.4. The molecule has 1 aromatic carbocycles. The van der Waals surface area contributed by atoms with Crippen LogP contribution in [0, 0.1) is 5.82 Å². The van der Waals surface area contributed by atoms with Gasteiger partial charge in [-0.05, 0) is 42.6 Å². The summed E-state index contributed by atoms with van der Waals surface area (Å²) < 4.78 is 13.0. The van der Waals surface area contributed by atoms with Gasteiger partial charge in [-0.15, -0.1) is 0 Å². The zero-order valence-corrected chi connectivity index (χ0v) is 12.6. The van der Waals surface area contributed by atoms with Crippen LogP contribution in [-0.4, -0.2) is 34.3 Å². The van der Waals surface area contributed by atoms with Crippen LogP contribution in [0.15, 0.2) is 36.5 Å².